The zero-order chi connectivity index (χ0) is 12.8. The Morgan fingerprint density at radius 1 is 1.18 bits per heavy atom. The highest BCUT2D eigenvalue weighted by Gasteiger charge is 2.08. The van der Waals surface area contributed by atoms with Crippen molar-refractivity contribution in [3.8, 4) is 0 Å². The first-order valence-electron chi connectivity index (χ1n) is 6.64. The van der Waals surface area contributed by atoms with E-state index < -0.39 is 0 Å². The van der Waals surface area contributed by atoms with Gasteiger partial charge in [0.05, 0.1) is 0 Å². The van der Waals surface area contributed by atoms with Crippen LogP contribution in [0.1, 0.15) is 58.5 Å². The second-order valence-corrected chi connectivity index (χ2v) is 5.28. The smallest absolute Gasteiger partial charge is 0.133 e. The summed E-state index contributed by atoms with van der Waals surface area (Å²) < 4.78 is 0. The van der Waals surface area contributed by atoms with Crippen LogP contribution in [0.5, 0.6) is 0 Å². The van der Waals surface area contributed by atoms with Crippen LogP contribution in [0.25, 0.3) is 0 Å². The third-order valence-corrected chi connectivity index (χ3v) is 2.49. The number of hydrogen-bond acceptors (Lipinski definition) is 3. The van der Waals surface area contributed by atoms with Crippen molar-refractivity contribution in [1.29, 1.82) is 0 Å². The van der Waals surface area contributed by atoms with Crippen LogP contribution in [-0.4, -0.2) is 16.5 Å². The Morgan fingerprint density at radius 3 is 2.41 bits per heavy atom. The summed E-state index contributed by atoms with van der Waals surface area (Å²) in [5.41, 5.74) is 1.15. The molecule has 3 nitrogen and oxygen atoms in total. The van der Waals surface area contributed by atoms with Crippen LogP contribution in [0.15, 0.2) is 6.07 Å². The van der Waals surface area contributed by atoms with Gasteiger partial charge in [0.2, 0.25) is 0 Å². The minimum atomic E-state index is 0.379. The quantitative estimate of drug-likeness (QED) is 0.818. The van der Waals surface area contributed by atoms with Crippen LogP contribution < -0.4 is 5.32 Å². The molecule has 1 heterocycles. The van der Waals surface area contributed by atoms with E-state index in [0.29, 0.717) is 11.8 Å². The molecular formula is C14H25N3. The lowest BCUT2D eigenvalue weighted by Crippen LogP contribution is -2.09. The maximum absolute atomic E-state index is 4.63. The molecule has 17 heavy (non-hydrogen) atoms. The molecule has 0 aliphatic rings. The molecular weight excluding hydrogens is 210 g/mol. The predicted octanol–water partition coefficient (Wildman–Crippen LogP) is 3.62. The molecule has 0 saturated carbocycles. The molecule has 1 rings (SSSR count). The summed E-state index contributed by atoms with van der Waals surface area (Å²) in [7, 11) is 0. The van der Waals surface area contributed by atoms with Gasteiger partial charge in [0.1, 0.15) is 11.6 Å². The van der Waals surface area contributed by atoms with Gasteiger partial charge < -0.3 is 5.32 Å². The van der Waals surface area contributed by atoms with Crippen molar-refractivity contribution >= 4 is 5.82 Å². The molecule has 0 aliphatic heterocycles. The van der Waals surface area contributed by atoms with Gasteiger partial charge in [-0.3, -0.25) is 0 Å². The van der Waals surface area contributed by atoms with Gasteiger partial charge in [-0.25, -0.2) is 9.97 Å². The van der Waals surface area contributed by atoms with Gasteiger partial charge >= 0.3 is 0 Å². The van der Waals surface area contributed by atoms with E-state index in [1.807, 2.05) is 0 Å². The van der Waals surface area contributed by atoms with E-state index >= 15 is 0 Å². The third-order valence-electron chi connectivity index (χ3n) is 2.49. The van der Waals surface area contributed by atoms with Crippen LogP contribution >= 0.6 is 0 Å². The molecule has 0 aliphatic carbocycles. The van der Waals surface area contributed by atoms with Crippen molar-refractivity contribution in [1.82, 2.24) is 9.97 Å². The van der Waals surface area contributed by atoms with Crippen molar-refractivity contribution in [3.05, 3.63) is 17.6 Å². The molecule has 0 radical (unpaired) electrons. The molecule has 0 fully saturated rings. The standard InChI is InChI=1S/C14H25N3/c1-6-7-15-13-9-12(8-10(2)3)16-14(17-13)11(4)5/h9-11H,6-8H2,1-5H3,(H,15,16,17). The van der Waals surface area contributed by atoms with E-state index in [1.165, 1.54) is 0 Å². The van der Waals surface area contributed by atoms with Gasteiger partial charge in [-0.1, -0.05) is 34.6 Å². The summed E-state index contributed by atoms with van der Waals surface area (Å²) in [6.07, 6.45) is 2.13. The van der Waals surface area contributed by atoms with Crippen molar-refractivity contribution < 1.29 is 0 Å². The van der Waals surface area contributed by atoms with Gasteiger partial charge in [-0.2, -0.15) is 0 Å². The summed E-state index contributed by atoms with van der Waals surface area (Å²) in [4.78, 5) is 9.19. The summed E-state index contributed by atoms with van der Waals surface area (Å²) in [6, 6.07) is 2.08. The van der Waals surface area contributed by atoms with Gasteiger partial charge in [0, 0.05) is 24.2 Å². The Bertz CT molecular complexity index is 345. The largest absolute Gasteiger partial charge is 0.370 e. The third kappa shape index (κ3) is 4.72. The first-order valence-corrected chi connectivity index (χ1v) is 6.64. The van der Waals surface area contributed by atoms with Crippen molar-refractivity contribution in [3.63, 3.8) is 0 Å². The average Bonchev–Trinajstić information content (AvgIpc) is 2.25. The van der Waals surface area contributed by atoms with E-state index in [2.05, 4.69) is 56.0 Å². The molecule has 1 aromatic rings. The van der Waals surface area contributed by atoms with E-state index in [9.17, 15) is 0 Å². The lowest BCUT2D eigenvalue weighted by atomic mass is 10.1. The Labute approximate surface area is 105 Å². The molecule has 96 valence electrons. The number of hydrogen-bond donors (Lipinski definition) is 1. The van der Waals surface area contributed by atoms with Gasteiger partial charge in [0.25, 0.3) is 0 Å². The average molecular weight is 235 g/mol. The summed E-state index contributed by atoms with van der Waals surface area (Å²) >= 11 is 0. The van der Waals surface area contributed by atoms with Crippen LogP contribution in [0.4, 0.5) is 5.82 Å². The second-order valence-electron chi connectivity index (χ2n) is 5.28. The molecule has 0 unspecified atom stereocenters. The monoisotopic (exact) mass is 235 g/mol. The van der Waals surface area contributed by atoms with Crippen molar-refractivity contribution in [2.45, 2.75) is 53.4 Å². The lowest BCUT2D eigenvalue weighted by molar-refractivity contribution is 0.626. The normalized spacial score (nSPS) is 11.2. The molecule has 0 spiro atoms. The highest BCUT2D eigenvalue weighted by molar-refractivity contribution is 5.36. The summed E-state index contributed by atoms with van der Waals surface area (Å²) in [6.45, 7) is 11.8. The highest BCUT2D eigenvalue weighted by Crippen LogP contribution is 2.16. The van der Waals surface area contributed by atoms with Crippen LogP contribution in [0, 0.1) is 5.92 Å². The van der Waals surface area contributed by atoms with E-state index in [0.717, 1.165) is 36.7 Å². The molecule has 0 aromatic carbocycles. The lowest BCUT2D eigenvalue weighted by Gasteiger charge is -2.12. The second kappa shape index (κ2) is 6.58. The molecule has 0 bridgehead atoms. The SMILES string of the molecule is CCCNc1cc(CC(C)C)nc(C(C)C)n1. The van der Waals surface area contributed by atoms with Gasteiger partial charge in [-0.15, -0.1) is 0 Å². The fourth-order valence-electron chi connectivity index (χ4n) is 1.64. The fourth-order valence-corrected chi connectivity index (χ4v) is 1.64. The van der Waals surface area contributed by atoms with E-state index in [4.69, 9.17) is 0 Å². The first kappa shape index (κ1) is 13.9. The minimum absolute atomic E-state index is 0.379. The molecule has 0 saturated heterocycles. The Balaban J connectivity index is 2.92. The topological polar surface area (TPSA) is 37.8 Å². The molecule has 1 N–H and O–H groups in total. The number of anilines is 1. The van der Waals surface area contributed by atoms with Crippen molar-refractivity contribution in [2.75, 3.05) is 11.9 Å². The van der Waals surface area contributed by atoms with E-state index in [1.54, 1.807) is 0 Å². The Kier molecular flexibility index (Phi) is 5.39. The van der Waals surface area contributed by atoms with Crippen LogP contribution in [-0.2, 0) is 6.42 Å². The highest BCUT2D eigenvalue weighted by atomic mass is 15.0. The van der Waals surface area contributed by atoms with E-state index in [-0.39, 0.29) is 0 Å². The van der Waals surface area contributed by atoms with Crippen LogP contribution in [0.3, 0.4) is 0 Å². The van der Waals surface area contributed by atoms with Crippen molar-refractivity contribution in [2.24, 2.45) is 5.92 Å². The molecule has 1 aromatic heterocycles. The first-order chi connectivity index (χ1) is 8.02. The number of nitrogens with one attached hydrogen (secondary N) is 1. The van der Waals surface area contributed by atoms with Gasteiger partial charge in [-0.05, 0) is 18.8 Å². The summed E-state index contributed by atoms with van der Waals surface area (Å²) in [5, 5.41) is 3.35. The molecule has 0 amide bonds. The number of rotatable bonds is 6. The Hall–Kier alpha value is -1.12. The van der Waals surface area contributed by atoms with Gasteiger partial charge in [0.15, 0.2) is 0 Å². The number of nitrogens with zero attached hydrogens (tertiary/aromatic N) is 2. The summed E-state index contributed by atoms with van der Waals surface area (Å²) in [5.74, 6) is 2.93. The predicted molar refractivity (Wildman–Crippen MR) is 73.4 cm³/mol. The van der Waals surface area contributed by atoms with Crippen LogP contribution in [0.2, 0.25) is 0 Å². The zero-order valence-electron chi connectivity index (χ0n) is 11.7. The fraction of sp³-hybridized carbons (Fsp3) is 0.714. The maximum atomic E-state index is 4.63. The molecule has 0 atom stereocenters. The molecule has 3 heteroatoms. The Morgan fingerprint density at radius 2 is 1.88 bits per heavy atom. The maximum Gasteiger partial charge on any atom is 0.133 e. The zero-order valence-corrected chi connectivity index (χ0v) is 11.7. The minimum Gasteiger partial charge on any atom is -0.370 e. The number of aromatic nitrogens is 2.